The molecular weight excluding hydrogens is 210 g/mol. The highest BCUT2D eigenvalue weighted by atomic mass is 14.7. The van der Waals surface area contributed by atoms with Crippen LogP contribution in [0.5, 0.6) is 0 Å². The zero-order valence-electron chi connectivity index (χ0n) is 9.01. The van der Waals surface area contributed by atoms with E-state index in [-0.39, 0.29) is 0 Å². The molecule has 0 fully saturated rings. The highest BCUT2D eigenvalue weighted by Gasteiger charge is 2.25. The normalized spacial score (nSPS) is 10.5. The number of aromatic nitrogens is 1. The van der Waals surface area contributed by atoms with Gasteiger partial charge in [0.2, 0.25) is 0 Å². The third-order valence-corrected chi connectivity index (χ3v) is 2.94. The first-order valence-corrected chi connectivity index (χ1v) is 5.27. The first-order chi connectivity index (χ1) is 8.33. The van der Waals surface area contributed by atoms with Gasteiger partial charge in [-0.15, -0.1) is 0 Å². The van der Waals surface area contributed by atoms with Gasteiger partial charge in [-0.3, -0.25) is 4.98 Å². The van der Waals surface area contributed by atoms with Crippen LogP contribution in [-0.4, -0.2) is 4.98 Å². The first-order valence-electron chi connectivity index (χ1n) is 5.27. The average Bonchev–Trinajstić information content (AvgIpc) is 2.57. The van der Waals surface area contributed by atoms with Crippen molar-refractivity contribution in [3.63, 3.8) is 0 Å². The van der Waals surface area contributed by atoms with Gasteiger partial charge >= 0.3 is 0 Å². The number of anilines is 1. The maximum atomic E-state index is 9.14. The second-order valence-electron chi connectivity index (χ2n) is 3.87. The molecule has 3 rings (SSSR count). The number of nitriles is 1. The van der Waals surface area contributed by atoms with E-state index in [0.717, 1.165) is 22.3 Å². The average molecular weight is 219 g/mol. The van der Waals surface area contributed by atoms with Crippen molar-refractivity contribution in [2.24, 2.45) is 0 Å². The van der Waals surface area contributed by atoms with Gasteiger partial charge in [-0.1, -0.05) is 18.2 Å². The van der Waals surface area contributed by atoms with Gasteiger partial charge in [0.05, 0.1) is 11.6 Å². The molecule has 1 aliphatic heterocycles. The summed E-state index contributed by atoms with van der Waals surface area (Å²) in [4.78, 5) is 4.12. The van der Waals surface area contributed by atoms with E-state index in [1.807, 2.05) is 24.3 Å². The van der Waals surface area contributed by atoms with Gasteiger partial charge in [-0.05, 0) is 17.7 Å². The third kappa shape index (κ3) is 1.25. The molecule has 0 radical (unpaired) electrons. The lowest BCUT2D eigenvalue weighted by molar-refractivity contribution is 1.36. The molecule has 2 aliphatic carbocycles. The van der Waals surface area contributed by atoms with Crippen LogP contribution in [0, 0.1) is 11.3 Å². The van der Waals surface area contributed by atoms with E-state index in [1.165, 1.54) is 0 Å². The smallest absolute Gasteiger partial charge is 0.0998 e. The van der Waals surface area contributed by atoms with Crippen molar-refractivity contribution in [2.45, 2.75) is 0 Å². The lowest BCUT2D eigenvalue weighted by Gasteiger charge is -2.22. The molecule has 17 heavy (non-hydrogen) atoms. The van der Waals surface area contributed by atoms with Crippen LogP contribution < -0.4 is 5.73 Å². The van der Waals surface area contributed by atoms with Gasteiger partial charge in [0.25, 0.3) is 0 Å². The van der Waals surface area contributed by atoms with Gasteiger partial charge < -0.3 is 5.73 Å². The Balaban J connectivity index is 2.47. The summed E-state index contributed by atoms with van der Waals surface area (Å²) in [6.07, 6.45) is 3.43. The number of fused-ring (bicyclic) bond motifs is 4. The van der Waals surface area contributed by atoms with Crippen LogP contribution in [0.2, 0.25) is 0 Å². The fourth-order valence-corrected chi connectivity index (χ4v) is 2.18. The van der Waals surface area contributed by atoms with Crippen molar-refractivity contribution < 1.29 is 0 Å². The molecule has 0 amide bonds. The molecule has 0 bridgehead atoms. The molecule has 0 saturated carbocycles. The Kier molecular flexibility index (Phi) is 1.96. The predicted molar refractivity (Wildman–Crippen MR) is 66.6 cm³/mol. The van der Waals surface area contributed by atoms with E-state index in [9.17, 15) is 0 Å². The standard InChI is InChI=1S/C14H9N3/c15-7-9-3-1-2-4-10-13(9)11-8-17-6-5-12(16)14(10)11/h1-6,8H,16H2. The number of rotatable bonds is 0. The van der Waals surface area contributed by atoms with E-state index in [1.54, 1.807) is 18.5 Å². The van der Waals surface area contributed by atoms with Crippen molar-refractivity contribution in [2.75, 3.05) is 5.73 Å². The monoisotopic (exact) mass is 219 g/mol. The van der Waals surface area contributed by atoms with Crippen molar-refractivity contribution in [3.8, 4) is 28.3 Å². The molecule has 3 aliphatic rings. The summed E-state index contributed by atoms with van der Waals surface area (Å²) >= 11 is 0. The highest BCUT2D eigenvalue weighted by Crippen LogP contribution is 2.49. The van der Waals surface area contributed by atoms with E-state index in [0.29, 0.717) is 11.3 Å². The Hall–Kier alpha value is -2.60. The Morgan fingerprint density at radius 3 is 2.71 bits per heavy atom. The maximum absolute atomic E-state index is 9.14. The van der Waals surface area contributed by atoms with E-state index in [4.69, 9.17) is 11.0 Å². The fourth-order valence-electron chi connectivity index (χ4n) is 2.18. The highest BCUT2D eigenvalue weighted by molar-refractivity contribution is 6.08. The van der Waals surface area contributed by atoms with Crippen LogP contribution >= 0.6 is 0 Å². The van der Waals surface area contributed by atoms with E-state index < -0.39 is 0 Å². The third-order valence-electron chi connectivity index (χ3n) is 2.94. The van der Waals surface area contributed by atoms with Crippen molar-refractivity contribution in [1.82, 2.24) is 4.98 Å². The van der Waals surface area contributed by atoms with Crippen LogP contribution in [-0.2, 0) is 0 Å². The van der Waals surface area contributed by atoms with Crippen LogP contribution in [0.4, 0.5) is 5.69 Å². The van der Waals surface area contributed by atoms with Crippen LogP contribution in [0.3, 0.4) is 0 Å². The summed E-state index contributed by atoms with van der Waals surface area (Å²) in [5.74, 6) is 0. The second-order valence-corrected chi connectivity index (χ2v) is 3.87. The predicted octanol–water partition coefficient (Wildman–Crippen LogP) is 2.75. The summed E-state index contributed by atoms with van der Waals surface area (Å²) in [5.41, 5.74) is 11.2. The summed E-state index contributed by atoms with van der Waals surface area (Å²) in [5, 5.41) is 9.14. The number of nitrogens with zero attached hydrogens (tertiary/aromatic N) is 2. The molecule has 0 saturated heterocycles. The Morgan fingerprint density at radius 2 is 1.88 bits per heavy atom. The Labute approximate surface area is 98.8 Å². The van der Waals surface area contributed by atoms with Crippen molar-refractivity contribution >= 4 is 5.69 Å². The van der Waals surface area contributed by atoms with Gasteiger partial charge in [0.1, 0.15) is 0 Å². The molecule has 0 aromatic heterocycles. The summed E-state index contributed by atoms with van der Waals surface area (Å²) in [7, 11) is 0. The summed E-state index contributed by atoms with van der Waals surface area (Å²) in [6, 6.07) is 11.6. The first kappa shape index (κ1) is 9.61. The number of hydrogen-bond acceptors (Lipinski definition) is 3. The molecule has 0 atom stereocenters. The molecule has 3 nitrogen and oxygen atoms in total. The number of hydrogen-bond donors (Lipinski definition) is 1. The molecular formula is C14H9N3. The topological polar surface area (TPSA) is 62.7 Å². The Bertz CT molecular complexity index is 682. The van der Waals surface area contributed by atoms with Crippen LogP contribution in [0.25, 0.3) is 22.3 Å². The zero-order chi connectivity index (χ0) is 11.8. The molecule has 3 heteroatoms. The zero-order valence-corrected chi connectivity index (χ0v) is 9.01. The van der Waals surface area contributed by atoms with Gasteiger partial charge in [0, 0.05) is 34.8 Å². The largest absolute Gasteiger partial charge is 0.398 e. The molecule has 0 spiro atoms. The van der Waals surface area contributed by atoms with Gasteiger partial charge in [-0.25, -0.2) is 0 Å². The minimum absolute atomic E-state index is 0.657. The molecule has 80 valence electrons. The van der Waals surface area contributed by atoms with Gasteiger partial charge in [0.15, 0.2) is 0 Å². The fraction of sp³-hybridized carbons (Fsp3) is 0. The Morgan fingerprint density at radius 1 is 1.06 bits per heavy atom. The molecule has 1 heterocycles. The molecule has 0 unspecified atom stereocenters. The van der Waals surface area contributed by atoms with Crippen molar-refractivity contribution in [1.29, 1.82) is 5.26 Å². The van der Waals surface area contributed by atoms with Gasteiger partial charge in [-0.2, -0.15) is 5.26 Å². The number of nitrogen functional groups attached to an aromatic ring is 1. The van der Waals surface area contributed by atoms with E-state index >= 15 is 0 Å². The lowest BCUT2D eigenvalue weighted by atomic mass is 9.81. The molecule has 2 N–H and O–H groups in total. The minimum atomic E-state index is 0.657. The molecule has 0 aromatic carbocycles. The lowest BCUT2D eigenvalue weighted by Crippen LogP contribution is -2.01. The minimum Gasteiger partial charge on any atom is -0.398 e. The maximum Gasteiger partial charge on any atom is 0.0998 e. The number of nitrogens with two attached hydrogens (primary N) is 1. The summed E-state index contributed by atoms with van der Waals surface area (Å²) in [6.45, 7) is 0. The van der Waals surface area contributed by atoms with Crippen LogP contribution in [0.1, 0.15) is 5.56 Å². The van der Waals surface area contributed by atoms with Crippen LogP contribution in [0.15, 0.2) is 42.7 Å². The SMILES string of the molecule is N#Cc1ccccc2c3c(N)ccncc-3c1-2. The van der Waals surface area contributed by atoms with Crippen molar-refractivity contribution in [3.05, 3.63) is 48.3 Å². The van der Waals surface area contributed by atoms with E-state index in [2.05, 4.69) is 11.1 Å². The molecule has 0 aromatic rings. The second kappa shape index (κ2) is 3.46. The quantitative estimate of drug-likeness (QED) is 0.632. The summed E-state index contributed by atoms with van der Waals surface area (Å²) < 4.78 is 0.